The zero-order valence-electron chi connectivity index (χ0n) is 12.9. The van der Waals surface area contributed by atoms with Crippen molar-refractivity contribution < 1.29 is 4.58 Å². The van der Waals surface area contributed by atoms with Crippen molar-refractivity contribution in [1.29, 1.82) is 0 Å². The van der Waals surface area contributed by atoms with Gasteiger partial charge in [0.05, 0.1) is 0 Å². The van der Waals surface area contributed by atoms with Gasteiger partial charge in [0.2, 0.25) is 0 Å². The Hall–Kier alpha value is -0.790. The van der Waals surface area contributed by atoms with Crippen molar-refractivity contribution in [3.8, 4) is 0 Å². The van der Waals surface area contributed by atoms with Crippen LogP contribution in [0.1, 0.15) is 55.4 Å². The molecule has 0 atom stereocenters. The summed E-state index contributed by atoms with van der Waals surface area (Å²) in [6.07, 6.45) is 6.57. The van der Waals surface area contributed by atoms with Gasteiger partial charge in [-0.1, -0.05) is 0 Å². The second-order valence-corrected chi connectivity index (χ2v) is 5.76. The lowest BCUT2D eigenvalue weighted by Crippen LogP contribution is -2.32. The van der Waals surface area contributed by atoms with Gasteiger partial charge in [0.1, 0.15) is 12.1 Å². The molecule has 0 heterocycles. The molecule has 0 unspecified atom stereocenters. The molecule has 2 heteroatoms. The Kier molecular flexibility index (Phi) is 7.17. The van der Waals surface area contributed by atoms with Crippen molar-refractivity contribution in [2.45, 2.75) is 79.6 Å². The summed E-state index contributed by atoms with van der Waals surface area (Å²) < 4.78 is 2.37. The summed E-state index contributed by atoms with van der Waals surface area (Å²) in [4.78, 5) is 2.37. The van der Waals surface area contributed by atoms with Crippen LogP contribution in [-0.4, -0.2) is 39.9 Å². The van der Waals surface area contributed by atoms with E-state index >= 15 is 0 Å². The summed E-state index contributed by atoms with van der Waals surface area (Å²) in [5.74, 6) is 0. The van der Waals surface area contributed by atoms with Crippen molar-refractivity contribution in [2.24, 2.45) is 0 Å². The van der Waals surface area contributed by atoms with Crippen molar-refractivity contribution >= 4 is 6.21 Å². The number of nitrogens with zero attached hydrogens (tertiary/aromatic N) is 2. The SMILES string of the molecule is CC(C)N(/C=C/C=[N+](C(C)C)C(C)C)C(C)C. The molecule has 0 aliphatic carbocycles. The van der Waals surface area contributed by atoms with Gasteiger partial charge in [-0.25, -0.2) is 4.58 Å². The normalized spacial score (nSPS) is 12.2. The molecule has 0 rings (SSSR count). The molecule has 100 valence electrons. The van der Waals surface area contributed by atoms with Crippen LogP contribution in [0.4, 0.5) is 0 Å². The maximum atomic E-state index is 2.37. The first-order chi connectivity index (χ1) is 7.77. The monoisotopic (exact) mass is 239 g/mol. The van der Waals surface area contributed by atoms with Crippen molar-refractivity contribution in [3.63, 3.8) is 0 Å². The summed E-state index contributed by atoms with van der Waals surface area (Å²) >= 11 is 0. The predicted octanol–water partition coefficient (Wildman–Crippen LogP) is 3.52. The van der Waals surface area contributed by atoms with Crippen LogP contribution in [0.25, 0.3) is 0 Å². The third-order valence-electron chi connectivity index (χ3n) is 2.90. The van der Waals surface area contributed by atoms with E-state index < -0.39 is 0 Å². The smallest absolute Gasteiger partial charge is 0.165 e. The zero-order chi connectivity index (χ0) is 13.6. The fourth-order valence-corrected chi connectivity index (χ4v) is 2.12. The van der Waals surface area contributed by atoms with E-state index in [0.29, 0.717) is 24.2 Å². The molecule has 2 nitrogen and oxygen atoms in total. The summed E-state index contributed by atoms with van der Waals surface area (Å²) in [5.41, 5.74) is 0. The quantitative estimate of drug-likeness (QED) is 0.508. The molecule has 0 aliphatic rings. The second-order valence-electron chi connectivity index (χ2n) is 5.76. The molecule has 0 fully saturated rings. The van der Waals surface area contributed by atoms with Crippen LogP contribution in [-0.2, 0) is 0 Å². The fourth-order valence-electron chi connectivity index (χ4n) is 2.12. The molecule has 0 saturated heterocycles. The first kappa shape index (κ1) is 16.2. The third-order valence-corrected chi connectivity index (χ3v) is 2.90. The summed E-state index contributed by atoms with van der Waals surface area (Å²) in [5, 5.41) is 0. The molecular weight excluding hydrogens is 208 g/mol. The van der Waals surface area contributed by atoms with Gasteiger partial charge in [-0.15, -0.1) is 0 Å². The maximum absolute atomic E-state index is 2.37. The van der Waals surface area contributed by atoms with E-state index in [2.05, 4.69) is 83.4 Å². The fraction of sp³-hybridized carbons (Fsp3) is 0.800. The Bertz CT molecular complexity index is 242. The lowest BCUT2D eigenvalue weighted by atomic mass is 10.2. The van der Waals surface area contributed by atoms with Crippen LogP contribution >= 0.6 is 0 Å². The Labute approximate surface area is 108 Å². The minimum Gasteiger partial charge on any atom is -0.372 e. The van der Waals surface area contributed by atoms with Crippen molar-refractivity contribution in [1.82, 2.24) is 4.90 Å². The largest absolute Gasteiger partial charge is 0.372 e. The van der Waals surface area contributed by atoms with Crippen LogP contribution in [0.2, 0.25) is 0 Å². The molecule has 0 aromatic rings. The van der Waals surface area contributed by atoms with E-state index in [1.165, 1.54) is 0 Å². The lowest BCUT2D eigenvalue weighted by molar-refractivity contribution is -0.582. The van der Waals surface area contributed by atoms with E-state index in [1.807, 2.05) is 0 Å². The van der Waals surface area contributed by atoms with Crippen LogP contribution < -0.4 is 0 Å². The average molecular weight is 239 g/mol. The first-order valence-electron chi connectivity index (χ1n) is 6.83. The number of hydrogen-bond acceptors (Lipinski definition) is 1. The highest BCUT2D eigenvalue weighted by Crippen LogP contribution is 2.05. The van der Waals surface area contributed by atoms with Gasteiger partial charge in [-0.3, -0.25) is 0 Å². The minimum absolute atomic E-state index is 0.547. The molecule has 0 radical (unpaired) electrons. The van der Waals surface area contributed by atoms with Crippen LogP contribution in [0.5, 0.6) is 0 Å². The molecule has 0 aromatic carbocycles. The highest BCUT2D eigenvalue weighted by atomic mass is 15.2. The van der Waals surface area contributed by atoms with Gasteiger partial charge in [0.15, 0.2) is 6.21 Å². The van der Waals surface area contributed by atoms with Gasteiger partial charge in [0.25, 0.3) is 0 Å². The Morgan fingerprint density at radius 2 is 1.18 bits per heavy atom. The van der Waals surface area contributed by atoms with E-state index in [4.69, 9.17) is 0 Å². The highest BCUT2D eigenvalue weighted by Gasteiger charge is 2.12. The number of rotatable bonds is 6. The second kappa shape index (κ2) is 7.52. The molecule has 0 aromatic heterocycles. The minimum atomic E-state index is 0.547. The summed E-state index contributed by atoms with van der Waals surface area (Å²) in [6, 6.07) is 2.19. The molecule has 17 heavy (non-hydrogen) atoms. The zero-order valence-corrected chi connectivity index (χ0v) is 12.9. The predicted molar refractivity (Wildman–Crippen MR) is 77.8 cm³/mol. The number of allylic oxidation sites excluding steroid dienone is 1. The summed E-state index contributed by atoms with van der Waals surface area (Å²) in [7, 11) is 0. The number of hydrogen-bond donors (Lipinski definition) is 0. The molecule has 0 aliphatic heterocycles. The van der Waals surface area contributed by atoms with Gasteiger partial charge in [0, 0.05) is 24.4 Å². The van der Waals surface area contributed by atoms with E-state index in [9.17, 15) is 0 Å². The van der Waals surface area contributed by atoms with Crippen molar-refractivity contribution in [2.75, 3.05) is 0 Å². The van der Waals surface area contributed by atoms with Gasteiger partial charge >= 0.3 is 0 Å². The first-order valence-corrected chi connectivity index (χ1v) is 6.83. The van der Waals surface area contributed by atoms with Crippen LogP contribution in [0, 0.1) is 0 Å². The molecule has 0 amide bonds. The van der Waals surface area contributed by atoms with Gasteiger partial charge in [-0.2, -0.15) is 0 Å². The van der Waals surface area contributed by atoms with E-state index in [-0.39, 0.29) is 0 Å². The van der Waals surface area contributed by atoms with Crippen LogP contribution in [0.15, 0.2) is 12.3 Å². The summed E-state index contributed by atoms with van der Waals surface area (Å²) in [6.45, 7) is 17.8. The van der Waals surface area contributed by atoms with E-state index in [1.54, 1.807) is 0 Å². The molecule has 0 N–H and O–H groups in total. The lowest BCUT2D eigenvalue weighted by Gasteiger charge is -2.28. The Balaban J connectivity index is 4.74. The molecule has 0 bridgehead atoms. The third kappa shape index (κ3) is 5.90. The van der Waals surface area contributed by atoms with Gasteiger partial charge in [-0.05, 0) is 55.4 Å². The standard InChI is InChI=1S/C15H31N2/c1-12(2)16(13(3)4)10-9-11-17(14(5)6)15(7)8/h9-15H,1-8H3/q+1. The highest BCUT2D eigenvalue weighted by molar-refractivity contribution is 5.66. The average Bonchev–Trinajstić information content (AvgIpc) is 2.14. The topological polar surface area (TPSA) is 6.25 Å². The Morgan fingerprint density at radius 1 is 0.765 bits per heavy atom. The van der Waals surface area contributed by atoms with Crippen molar-refractivity contribution in [3.05, 3.63) is 12.3 Å². The Morgan fingerprint density at radius 3 is 1.47 bits per heavy atom. The van der Waals surface area contributed by atoms with Gasteiger partial charge < -0.3 is 4.90 Å². The van der Waals surface area contributed by atoms with Crippen LogP contribution in [0.3, 0.4) is 0 Å². The maximum Gasteiger partial charge on any atom is 0.165 e. The van der Waals surface area contributed by atoms with E-state index in [0.717, 1.165) is 0 Å². The molecular formula is C15H31N2+. The molecule has 0 saturated carbocycles. The molecule has 0 spiro atoms.